The van der Waals surface area contributed by atoms with Crippen LogP contribution >= 0.6 is 0 Å². The summed E-state index contributed by atoms with van der Waals surface area (Å²) < 4.78 is 0. The number of anilines is 1. The number of amides is 2. The minimum atomic E-state index is -0.498. The lowest BCUT2D eigenvalue weighted by molar-refractivity contribution is -0.384. The van der Waals surface area contributed by atoms with Crippen molar-refractivity contribution in [2.45, 2.75) is 57.5 Å². The number of nitro groups is 1. The molecule has 1 saturated carbocycles. The number of Topliss-reactive ketones (excluding diaryl/α,β-unsaturated/α-hetero) is 1. The normalized spacial score (nSPS) is 23.2. The van der Waals surface area contributed by atoms with Crippen LogP contribution in [0.15, 0.2) is 18.2 Å². The first-order valence-electron chi connectivity index (χ1n) is 8.77. The lowest BCUT2D eigenvalue weighted by atomic mass is 9.90. The second-order valence-electron chi connectivity index (χ2n) is 6.85. The number of benzene rings is 1. The van der Waals surface area contributed by atoms with Crippen LogP contribution in [0, 0.1) is 10.1 Å². The van der Waals surface area contributed by atoms with Gasteiger partial charge in [0.2, 0.25) is 11.8 Å². The van der Waals surface area contributed by atoms with Crippen molar-refractivity contribution in [2.75, 3.05) is 5.32 Å². The van der Waals surface area contributed by atoms with Crippen LogP contribution in [0.3, 0.4) is 0 Å². The quantitative estimate of drug-likeness (QED) is 0.375. The molecule has 0 bridgehead atoms. The first kappa shape index (κ1) is 18.0. The van der Waals surface area contributed by atoms with E-state index in [0.29, 0.717) is 49.8 Å². The third-order valence-corrected chi connectivity index (χ3v) is 5.11. The van der Waals surface area contributed by atoms with E-state index in [0.717, 1.165) is 0 Å². The molecule has 0 aromatic heterocycles. The molecular weight excluding hydrogens is 338 g/mol. The van der Waals surface area contributed by atoms with Crippen LogP contribution in [-0.4, -0.2) is 39.5 Å². The Labute approximate surface area is 150 Å². The number of nitrogens with one attached hydrogen (secondary N) is 1. The van der Waals surface area contributed by atoms with E-state index < -0.39 is 4.92 Å². The fourth-order valence-electron chi connectivity index (χ4n) is 3.72. The Morgan fingerprint density at radius 2 is 1.77 bits per heavy atom. The Morgan fingerprint density at radius 1 is 1.15 bits per heavy atom. The van der Waals surface area contributed by atoms with Crippen molar-refractivity contribution in [3.05, 3.63) is 33.9 Å². The number of likely N-dealkylation sites (tertiary alicyclic amines) is 1. The number of ketones is 1. The molecule has 8 nitrogen and oxygen atoms in total. The monoisotopic (exact) mass is 359 g/mol. The lowest BCUT2D eigenvalue weighted by Gasteiger charge is -2.34. The maximum absolute atomic E-state index is 11.9. The summed E-state index contributed by atoms with van der Waals surface area (Å²) in [7, 11) is 0. The number of nitrogens with zero attached hydrogens (tertiary/aromatic N) is 2. The first-order chi connectivity index (χ1) is 12.4. The predicted octanol–water partition coefficient (Wildman–Crippen LogP) is 2.67. The van der Waals surface area contributed by atoms with Gasteiger partial charge in [-0.25, -0.2) is 0 Å². The van der Waals surface area contributed by atoms with Gasteiger partial charge in [0.1, 0.15) is 5.69 Å². The van der Waals surface area contributed by atoms with Gasteiger partial charge in [0.05, 0.1) is 4.92 Å². The Morgan fingerprint density at radius 3 is 2.31 bits per heavy atom. The molecule has 0 unspecified atom stereocenters. The first-order valence-corrected chi connectivity index (χ1v) is 8.77. The van der Waals surface area contributed by atoms with Crippen molar-refractivity contribution in [1.82, 2.24) is 4.90 Å². The van der Waals surface area contributed by atoms with E-state index in [9.17, 15) is 24.5 Å². The van der Waals surface area contributed by atoms with Crippen molar-refractivity contribution >= 4 is 29.0 Å². The molecule has 2 aliphatic rings. The molecule has 3 rings (SSSR count). The molecule has 1 saturated heterocycles. The van der Waals surface area contributed by atoms with Crippen LogP contribution in [0.2, 0.25) is 0 Å². The molecular formula is C18H21N3O5. The molecule has 1 aromatic rings. The summed E-state index contributed by atoms with van der Waals surface area (Å²) in [5.41, 5.74) is 0.568. The van der Waals surface area contributed by atoms with Gasteiger partial charge in [0.25, 0.3) is 5.69 Å². The molecule has 0 atom stereocenters. The summed E-state index contributed by atoms with van der Waals surface area (Å²) in [4.78, 5) is 47.3. The van der Waals surface area contributed by atoms with E-state index in [1.165, 1.54) is 17.9 Å². The van der Waals surface area contributed by atoms with E-state index in [1.54, 1.807) is 12.1 Å². The predicted molar refractivity (Wildman–Crippen MR) is 93.9 cm³/mol. The Kier molecular flexibility index (Phi) is 5.01. The number of imide groups is 1. The van der Waals surface area contributed by atoms with Crippen molar-refractivity contribution in [2.24, 2.45) is 0 Å². The lowest BCUT2D eigenvalue weighted by Crippen LogP contribution is -2.43. The zero-order valence-electron chi connectivity index (χ0n) is 14.6. The van der Waals surface area contributed by atoms with Crippen molar-refractivity contribution in [3.63, 3.8) is 0 Å². The second-order valence-corrected chi connectivity index (χ2v) is 6.85. The van der Waals surface area contributed by atoms with Gasteiger partial charge in [-0.1, -0.05) is 0 Å². The zero-order chi connectivity index (χ0) is 18.8. The van der Waals surface area contributed by atoms with Gasteiger partial charge in [-0.3, -0.25) is 29.4 Å². The topological polar surface area (TPSA) is 110 Å². The van der Waals surface area contributed by atoms with Crippen molar-refractivity contribution in [1.29, 1.82) is 0 Å². The van der Waals surface area contributed by atoms with Crippen LogP contribution < -0.4 is 5.32 Å². The molecule has 26 heavy (non-hydrogen) atoms. The molecule has 2 fully saturated rings. The van der Waals surface area contributed by atoms with Crippen LogP contribution in [0.4, 0.5) is 11.4 Å². The van der Waals surface area contributed by atoms with E-state index in [2.05, 4.69) is 5.32 Å². The molecule has 1 N–H and O–H groups in total. The maximum Gasteiger partial charge on any atom is 0.293 e. The van der Waals surface area contributed by atoms with Crippen molar-refractivity contribution < 1.29 is 19.3 Å². The van der Waals surface area contributed by atoms with Gasteiger partial charge < -0.3 is 5.32 Å². The van der Waals surface area contributed by atoms with E-state index in [1.807, 2.05) is 0 Å². The fraction of sp³-hybridized carbons (Fsp3) is 0.500. The highest BCUT2D eigenvalue weighted by atomic mass is 16.6. The fourth-order valence-corrected chi connectivity index (χ4v) is 3.72. The molecule has 8 heteroatoms. The van der Waals surface area contributed by atoms with Gasteiger partial charge in [0.15, 0.2) is 5.78 Å². The second kappa shape index (κ2) is 7.23. The zero-order valence-corrected chi connectivity index (χ0v) is 14.6. The Hall–Kier alpha value is -2.77. The van der Waals surface area contributed by atoms with E-state index in [-0.39, 0.29) is 35.4 Å². The molecule has 1 aromatic carbocycles. The highest BCUT2D eigenvalue weighted by Gasteiger charge is 2.37. The summed E-state index contributed by atoms with van der Waals surface area (Å²) in [6.07, 6.45) is 3.40. The summed E-state index contributed by atoms with van der Waals surface area (Å²) >= 11 is 0. The number of carbonyl (C=O) groups is 3. The Balaban J connectivity index is 1.66. The molecule has 0 radical (unpaired) electrons. The smallest absolute Gasteiger partial charge is 0.293 e. The average molecular weight is 359 g/mol. The molecule has 1 aliphatic carbocycles. The molecule has 1 aliphatic heterocycles. The third kappa shape index (κ3) is 3.58. The molecule has 2 amide bonds. The van der Waals surface area contributed by atoms with Gasteiger partial charge in [-0.2, -0.15) is 0 Å². The third-order valence-electron chi connectivity index (χ3n) is 5.11. The molecule has 138 valence electrons. The van der Waals surface area contributed by atoms with E-state index in [4.69, 9.17) is 0 Å². The van der Waals surface area contributed by atoms with Crippen LogP contribution in [0.25, 0.3) is 0 Å². The van der Waals surface area contributed by atoms with Crippen molar-refractivity contribution in [3.8, 4) is 0 Å². The molecule has 0 spiro atoms. The van der Waals surface area contributed by atoms with Crippen LogP contribution in [-0.2, 0) is 9.59 Å². The summed E-state index contributed by atoms with van der Waals surface area (Å²) in [5, 5.41) is 14.5. The summed E-state index contributed by atoms with van der Waals surface area (Å²) in [6.45, 7) is 1.37. The minimum absolute atomic E-state index is 0.0286. The molecule has 1 heterocycles. The van der Waals surface area contributed by atoms with Gasteiger partial charge in [-0.05, 0) is 44.7 Å². The van der Waals surface area contributed by atoms with Gasteiger partial charge in [0, 0.05) is 36.6 Å². The maximum atomic E-state index is 11.9. The SMILES string of the molecule is CC(=O)c1ccc(NC2CCC(N3C(=O)CCC3=O)CC2)c([N+](=O)[O-])c1. The van der Waals surface area contributed by atoms with Gasteiger partial charge >= 0.3 is 0 Å². The Bertz CT molecular complexity index is 752. The number of nitro benzene ring substituents is 1. The number of carbonyl (C=O) groups excluding carboxylic acids is 3. The standard InChI is InChI=1S/C18H21N3O5/c1-11(22)12-2-7-15(16(10-12)21(25)26)19-13-3-5-14(6-4-13)20-17(23)8-9-18(20)24/h2,7,10,13-14,19H,3-6,8-9H2,1H3. The van der Waals surface area contributed by atoms with Crippen LogP contribution in [0.1, 0.15) is 55.8 Å². The minimum Gasteiger partial charge on any atom is -0.377 e. The summed E-state index contributed by atoms with van der Waals surface area (Å²) in [6, 6.07) is 4.39. The highest BCUT2D eigenvalue weighted by Crippen LogP contribution is 2.32. The average Bonchev–Trinajstić information content (AvgIpc) is 2.94. The largest absolute Gasteiger partial charge is 0.377 e. The number of hydrogen-bond donors (Lipinski definition) is 1. The van der Waals surface area contributed by atoms with Crippen LogP contribution in [0.5, 0.6) is 0 Å². The number of rotatable bonds is 5. The summed E-state index contributed by atoms with van der Waals surface area (Å²) in [5.74, 6) is -0.413. The number of hydrogen-bond acceptors (Lipinski definition) is 6. The van der Waals surface area contributed by atoms with E-state index >= 15 is 0 Å². The highest BCUT2D eigenvalue weighted by molar-refractivity contribution is 6.02. The van der Waals surface area contributed by atoms with Gasteiger partial charge in [-0.15, -0.1) is 0 Å².